The fourth-order valence-electron chi connectivity index (χ4n) is 5.47. The molecule has 2 aromatic heterocycles. The lowest BCUT2D eigenvalue weighted by atomic mass is 10.1. The summed E-state index contributed by atoms with van der Waals surface area (Å²) in [5, 5.41) is 22.9. The van der Waals surface area contributed by atoms with Gasteiger partial charge in [0.1, 0.15) is 17.0 Å². The number of guanidine groups is 1. The summed E-state index contributed by atoms with van der Waals surface area (Å²) in [4.78, 5) is 37.0. The minimum absolute atomic E-state index is 0.0191. The van der Waals surface area contributed by atoms with E-state index in [0.29, 0.717) is 31.2 Å². The fourth-order valence-corrected chi connectivity index (χ4v) is 5.47. The lowest BCUT2D eigenvalue weighted by Crippen LogP contribution is -2.56. The number of carboxylic acid groups (broad SMARTS) is 1. The minimum atomic E-state index is -1.22. The topological polar surface area (TPSA) is 161 Å². The highest BCUT2D eigenvalue weighted by Crippen LogP contribution is 2.27. The molecule has 5 rings (SSSR count). The molecule has 0 radical (unpaired) electrons. The normalized spacial score (nSPS) is 15.4. The molecule has 48 heavy (non-hydrogen) atoms. The number of carbonyl (C=O) groups is 2. The molecule has 0 saturated carbocycles. The van der Waals surface area contributed by atoms with E-state index in [1.54, 1.807) is 53.3 Å². The Bertz CT molecular complexity index is 1750. The summed E-state index contributed by atoms with van der Waals surface area (Å²) in [7, 11) is 1.63. The van der Waals surface area contributed by atoms with E-state index in [1.807, 2.05) is 59.6 Å². The summed E-state index contributed by atoms with van der Waals surface area (Å²) in [5.74, 6) is 1.63. The van der Waals surface area contributed by atoms with Gasteiger partial charge in [-0.25, -0.2) is 19.2 Å². The van der Waals surface area contributed by atoms with E-state index >= 15 is 0 Å². The number of hydrogen-bond acceptors (Lipinski definition) is 9. The number of likely N-dealkylation sites (tertiary alicyclic amines) is 1. The van der Waals surface area contributed by atoms with Crippen LogP contribution in [-0.2, 0) is 17.7 Å². The second-order valence-corrected chi connectivity index (χ2v) is 13.6. The van der Waals surface area contributed by atoms with Gasteiger partial charge < -0.3 is 24.0 Å². The number of hydrogen-bond donors (Lipinski definition) is 1. The van der Waals surface area contributed by atoms with Crippen molar-refractivity contribution in [1.82, 2.24) is 34.9 Å². The first-order valence-electron chi connectivity index (χ1n) is 15.8. The SMILES string of the molecule is COc1ccc(-c2cn(Cc3ccc(-c4noc(CC5CCCN5C(=NC(=O)OC(C)(C)C)N(C(=O)O)C(C)(C)C)n4)cc3)nn2)cc1. The summed E-state index contributed by atoms with van der Waals surface area (Å²) in [6.45, 7) is 11.5. The van der Waals surface area contributed by atoms with E-state index < -0.39 is 23.3 Å². The van der Waals surface area contributed by atoms with E-state index in [4.69, 9.17) is 14.0 Å². The number of nitrogens with zero attached hydrogens (tertiary/aromatic N) is 8. The maximum atomic E-state index is 12.8. The van der Waals surface area contributed by atoms with Gasteiger partial charge in [0.25, 0.3) is 0 Å². The van der Waals surface area contributed by atoms with Crippen molar-refractivity contribution in [3.05, 3.63) is 66.2 Å². The zero-order valence-electron chi connectivity index (χ0n) is 28.4. The molecule has 1 fully saturated rings. The molecule has 1 saturated heterocycles. The van der Waals surface area contributed by atoms with Crippen LogP contribution in [0, 0.1) is 0 Å². The Labute approximate surface area is 279 Å². The Balaban J connectivity index is 1.28. The van der Waals surface area contributed by atoms with Crippen LogP contribution in [0.4, 0.5) is 9.59 Å². The van der Waals surface area contributed by atoms with Gasteiger partial charge in [0.15, 0.2) is 0 Å². The first kappa shape index (κ1) is 34.1. The molecule has 0 aliphatic carbocycles. The van der Waals surface area contributed by atoms with Gasteiger partial charge >= 0.3 is 12.2 Å². The molecule has 14 heteroatoms. The third-order valence-corrected chi connectivity index (χ3v) is 7.64. The molecule has 1 unspecified atom stereocenters. The van der Waals surface area contributed by atoms with Crippen molar-refractivity contribution in [2.24, 2.45) is 4.99 Å². The third kappa shape index (κ3) is 8.35. The van der Waals surface area contributed by atoms with Gasteiger partial charge in [0, 0.05) is 35.7 Å². The monoisotopic (exact) mass is 658 g/mol. The van der Waals surface area contributed by atoms with Crippen molar-refractivity contribution >= 4 is 18.1 Å². The predicted octanol–water partition coefficient (Wildman–Crippen LogP) is 6.13. The fraction of sp³-hybridized carbons (Fsp3) is 0.441. The van der Waals surface area contributed by atoms with Crippen molar-refractivity contribution in [3.63, 3.8) is 0 Å². The van der Waals surface area contributed by atoms with Crippen molar-refractivity contribution in [1.29, 1.82) is 0 Å². The molecule has 0 bridgehead atoms. The second-order valence-electron chi connectivity index (χ2n) is 13.6. The van der Waals surface area contributed by atoms with E-state index in [9.17, 15) is 14.7 Å². The summed E-state index contributed by atoms with van der Waals surface area (Å²) < 4.78 is 18.1. The van der Waals surface area contributed by atoms with Crippen LogP contribution in [0.3, 0.4) is 0 Å². The Hall–Kier alpha value is -5.27. The highest BCUT2D eigenvalue weighted by molar-refractivity contribution is 5.99. The predicted molar refractivity (Wildman–Crippen MR) is 178 cm³/mol. The number of methoxy groups -OCH3 is 1. The standard InChI is InChI=1S/C34H42N8O6/c1-33(2,3)42(32(44)45)30(36-31(43)47-34(4,5)6)41-18-8-9-25(41)19-28-35-29(38-48-28)24-12-10-22(11-13-24)20-40-21-27(37-39-40)23-14-16-26(46-7)17-15-23/h10-17,21,25H,8-9,18-20H2,1-7H3,(H,44,45). The Morgan fingerprint density at radius 1 is 1.04 bits per heavy atom. The van der Waals surface area contributed by atoms with Gasteiger partial charge in [0.2, 0.25) is 17.7 Å². The first-order valence-corrected chi connectivity index (χ1v) is 15.8. The largest absolute Gasteiger partial charge is 0.497 e. The van der Waals surface area contributed by atoms with Gasteiger partial charge in [-0.1, -0.05) is 34.6 Å². The first-order chi connectivity index (χ1) is 22.7. The van der Waals surface area contributed by atoms with Gasteiger partial charge in [-0.15, -0.1) is 10.1 Å². The summed E-state index contributed by atoms with van der Waals surface area (Å²) in [6, 6.07) is 15.2. The van der Waals surface area contributed by atoms with Gasteiger partial charge in [-0.2, -0.15) is 4.98 Å². The lowest BCUT2D eigenvalue weighted by molar-refractivity contribution is 0.0595. The molecular weight excluding hydrogens is 616 g/mol. The number of carbonyl (C=O) groups excluding carboxylic acids is 1. The van der Waals surface area contributed by atoms with Crippen LogP contribution in [0.25, 0.3) is 22.6 Å². The van der Waals surface area contributed by atoms with E-state index in [0.717, 1.165) is 45.9 Å². The summed E-state index contributed by atoms with van der Waals surface area (Å²) in [5.41, 5.74) is 1.86. The van der Waals surface area contributed by atoms with Crippen molar-refractivity contribution in [2.45, 2.75) is 84.5 Å². The summed E-state index contributed by atoms with van der Waals surface area (Å²) >= 11 is 0. The average Bonchev–Trinajstić information content (AvgIpc) is 3.78. The van der Waals surface area contributed by atoms with Crippen LogP contribution in [0.1, 0.15) is 65.8 Å². The van der Waals surface area contributed by atoms with Crippen LogP contribution in [0.5, 0.6) is 5.75 Å². The van der Waals surface area contributed by atoms with Crippen LogP contribution >= 0.6 is 0 Å². The molecular formula is C34H42N8O6. The van der Waals surface area contributed by atoms with Crippen LogP contribution < -0.4 is 4.74 Å². The molecule has 1 aliphatic heterocycles. The molecule has 1 atom stereocenters. The number of benzene rings is 2. The smallest absolute Gasteiger partial charge is 0.437 e. The van der Waals surface area contributed by atoms with Crippen LogP contribution in [0.15, 0.2) is 64.2 Å². The average molecular weight is 659 g/mol. The number of aliphatic imine (C=N–C) groups is 1. The zero-order valence-corrected chi connectivity index (χ0v) is 28.4. The lowest BCUT2D eigenvalue weighted by Gasteiger charge is -2.39. The van der Waals surface area contributed by atoms with Gasteiger partial charge in [0.05, 0.1) is 19.9 Å². The van der Waals surface area contributed by atoms with E-state index in [2.05, 4.69) is 25.4 Å². The van der Waals surface area contributed by atoms with E-state index in [1.165, 1.54) is 0 Å². The Kier molecular flexibility index (Phi) is 9.82. The molecule has 254 valence electrons. The van der Waals surface area contributed by atoms with Gasteiger partial charge in [-0.05, 0) is 84.2 Å². The van der Waals surface area contributed by atoms with E-state index in [-0.39, 0.29) is 12.0 Å². The second kappa shape index (κ2) is 13.8. The number of amides is 2. The maximum absolute atomic E-state index is 12.8. The molecule has 14 nitrogen and oxygen atoms in total. The molecule has 2 aromatic carbocycles. The molecule has 2 amide bonds. The number of rotatable bonds is 7. The van der Waals surface area contributed by atoms with Gasteiger partial charge in [-0.3, -0.25) is 0 Å². The highest BCUT2D eigenvalue weighted by Gasteiger charge is 2.39. The quantitative estimate of drug-likeness (QED) is 0.180. The maximum Gasteiger partial charge on any atom is 0.437 e. The number of aromatic nitrogens is 5. The molecule has 1 aliphatic rings. The highest BCUT2D eigenvalue weighted by atomic mass is 16.6. The summed E-state index contributed by atoms with van der Waals surface area (Å²) in [6.07, 6.45) is 1.66. The molecule has 1 N–H and O–H groups in total. The molecule has 0 spiro atoms. The van der Waals surface area contributed by atoms with Crippen LogP contribution in [-0.4, -0.2) is 89.0 Å². The Morgan fingerprint density at radius 3 is 2.35 bits per heavy atom. The zero-order chi connectivity index (χ0) is 34.6. The van der Waals surface area contributed by atoms with Crippen LogP contribution in [0.2, 0.25) is 0 Å². The van der Waals surface area contributed by atoms with Crippen molar-refractivity contribution < 1.29 is 28.7 Å². The van der Waals surface area contributed by atoms with Crippen molar-refractivity contribution in [3.8, 4) is 28.4 Å². The molecule has 3 heterocycles. The third-order valence-electron chi connectivity index (χ3n) is 7.64. The Morgan fingerprint density at radius 2 is 1.73 bits per heavy atom. The molecule has 4 aromatic rings. The minimum Gasteiger partial charge on any atom is -0.497 e. The van der Waals surface area contributed by atoms with Crippen molar-refractivity contribution in [2.75, 3.05) is 13.7 Å². The number of ether oxygens (including phenoxy) is 2.